The van der Waals surface area contributed by atoms with E-state index in [9.17, 15) is 0 Å². The third kappa shape index (κ3) is 3.25. The van der Waals surface area contributed by atoms with Crippen LogP contribution in [0.4, 0.5) is 0 Å². The van der Waals surface area contributed by atoms with E-state index in [0.717, 1.165) is 16.9 Å². The number of aryl methyl sites for hydroxylation is 1. The van der Waals surface area contributed by atoms with Gasteiger partial charge in [0.15, 0.2) is 0 Å². The molecule has 1 rings (SSSR count). The lowest BCUT2D eigenvalue weighted by Crippen LogP contribution is -2.12. The van der Waals surface area contributed by atoms with Gasteiger partial charge < -0.3 is 15.6 Å². The Kier molecular flexibility index (Phi) is 4.12. The van der Waals surface area contributed by atoms with E-state index in [1.807, 2.05) is 13.0 Å². The van der Waals surface area contributed by atoms with Gasteiger partial charge >= 0.3 is 0 Å². The van der Waals surface area contributed by atoms with Gasteiger partial charge in [0.1, 0.15) is 11.6 Å². The molecule has 0 amide bonds. The molecule has 0 aromatic heterocycles. The summed E-state index contributed by atoms with van der Waals surface area (Å²) in [6, 6.07) is 5.39. The second-order valence-electron chi connectivity index (χ2n) is 3.32. The van der Waals surface area contributed by atoms with Gasteiger partial charge in [-0.25, -0.2) is 0 Å². The molecule has 15 heavy (non-hydrogen) atoms. The molecule has 0 saturated heterocycles. The maximum atomic E-state index is 8.59. The molecule has 0 fully saturated rings. The van der Waals surface area contributed by atoms with Gasteiger partial charge in [-0.3, -0.25) is 5.41 Å². The number of aliphatic hydroxyl groups excluding tert-OH is 1. The topological polar surface area (TPSA) is 79.3 Å². The molecule has 4 heteroatoms. The monoisotopic (exact) mass is 208 g/mol. The second-order valence-corrected chi connectivity index (χ2v) is 3.32. The first-order valence-corrected chi connectivity index (χ1v) is 4.84. The Morgan fingerprint density at radius 1 is 1.53 bits per heavy atom. The highest BCUT2D eigenvalue weighted by Crippen LogP contribution is 2.16. The summed E-state index contributed by atoms with van der Waals surface area (Å²) in [7, 11) is 0. The van der Waals surface area contributed by atoms with Crippen molar-refractivity contribution >= 4 is 5.84 Å². The molecule has 0 atom stereocenters. The summed E-state index contributed by atoms with van der Waals surface area (Å²) >= 11 is 0. The lowest BCUT2D eigenvalue weighted by molar-refractivity contribution is 0.233. The maximum absolute atomic E-state index is 8.59. The standard InChI is InChI=1S/C11H16N2O2/c1-8-7-9(15-6-2-5-14)3-4-10(8)11(12)13/h3-4,7,14H,2,5-6H2,1H3,(H3,12,13). The second kappa shape index (κ2) is 5.36. The predicted molar refractivity (Wildman–Crippen MR) is 59.4 cm³/mol. The van der Waals surface area contributed by atoms with E-state index < -0.39 is 0 Å². The van der Waals surface area contributed by atoms with Crippen molar-refractivity contribution in [1.82, 2.24) is 0 Å². The number of benzene rings is 1. The normalized spacial score (nSPS) is 10.0. The van der Waals surface area contributed by atoms with E-state index in [2.05, 4.69) is 0 Å². The molecule has 0 heterocycles. The number of nitrogens with one attached hydrogen (secondary N) is 1. The Morgan fingerprint density at radius 2 is 2.27 bits per heavy atom. The van der Waals surface area contributed by atoms with Crippen LogP contribution in [-0.2, 0) is 0 Å². The highest BCUT2D eigenvalue weighted by molar-refractivity contribution is 5.96. The summed E-state index contributed by atoms with van der Waals surface area (Å²) in [5.41, 5.74) is 7.04. The lowest BCUT2D eigenvalue weighted by Gasteiger charge is -2.08. The van der Waals surface area contributed by atoms with Crippen LogP contribution in [0.5, 0.6) is 5.75 Å². The van der Waals surface area contributed by atoms with Gasteiger partial charge in [0.25, 0.3) is 0 Å². The van der Waals surface area contributed by atoms with Gasteiger partial charge in [-0.05, 0) is 30.7 Å². The Labute approximate surface area is 89.2 Å². The number of amidine groups is 1. The van der Waals surface area contributed by atoms with Crippen LogP contribution in [0.3, 0.4) is 0 Å². The number of ether oxygens (including phenoxy) is 1. The van der Waals surface area contributed by atoms with Crippen LogP contribution >= 0.6 is 0 Å². The fourth-order valence-electron chi connectivity index (χ4n) is 1.28. The Morgan fingerprint density at radius 3 is 2.80 bits per heavy atom. The number of nitrogen functional groups attached to an aromatic ring is 1. The van der Waals surface area contributed by atoms with Gasteiger partial charge in [-0.1, -0.05) is 0 Å². The van der Waals surface area contributed by atoms with Crippen LogP contribution in [0.25, 0.3) is 0 Å². The molecule has 0 aliphatic rings. The first kappa shape index (κ1) is 11.5. The number of hydrogen-bond acceptors (Lipinski definition) is 3. The van der Waals surface area contributed by atoms with E-state index in [1.165, 1.54) is 0 Å². The molecular weight excluding hydrogens is 192 g/mol. The summed E-state index contributed by atoms with van der Waals surface area (Å²) in [5, 5.41) is 15.9. The van der Waals surface area contributed by atoms with E-state index in [-0.39, 0.29) is 12.4 Å². The van der Waals surface area contributed by atoms with Crippen molar-refractivity contribution in [3.05, 3.63) is 29.3 Å². The molecule has 0 radical (unpaired) electrons. The minimum absolute atomic E-state index is 0.0643. The van der Waals surface area contributed by atoms with E-state index in [1.54, 1.807) is 12.1 Å². The van der Waals surface area contributed by atoms with Crippen molar-refractivity contribution in [2.75, 3.05) is 13.2 Å². The van der Waals surface area contributed by atoms with Crippen molar-refractivity contribution in [1.29, 1.82) is 5.41 Å². The zero-order chi connectivity index (χ0) is 11.3. The summed E-state index contributed by atoms with van der Waals surface area (Å²) in [6.07, 6.45) is 0.619. The van der Waals surface area contributed by atoms with Crippen LogP contribution in [0.2, 0.25) is 0 Å². The average molecular weight is 208 g/mol. The molecule has 4 nitrogen and oxygen atoms in total. The van der Waals surface area contributed by atoms with Gasteiger partial charge in [0.05, 0.1) is 6.61 Å². The zero-order valence-corrected chi connectivity index (χ0v) is 8.79. The number of aliphatic hydroxyl groups is 1. The van der Waals surface area contributed by atoms with Gasteiger partial charge in [-0.2, -0.15) is 0 Å². The lowest BCUT2D eigenvalue weighted by atomic mass is 10.1. The predicted octanol–water partition coefficient (Wildman–Crippen LogP) is 1.04. The van der Waals surface area contributed by atoms with Crippen LogP contribution < -0.4 is 10.5 Å². The van der Waals surface area contributed by atoms with Crippen LogP contribution in [0.15, 0.2) is 18.2 Å². The smallest absolute Gasteiger partial charge is 0.123 e. The van der Waals surface area contributed by atoms with Crippen molar-refractivity contribution in [3.8, 4) is 5.75 Å². The van der Waals surface area contributed by atoms with Crippen molar-refractivity contribution in [3.63, 3.8) is 0 Å². The summed E-state index contributed by atoms with van der Waals surface area (Å²) in [6.45, 7) is 2.51. The zero-order valence-electron chi connectivity index (χ0n) is 8.79. The molecule has 0 aliphatic carbocycles. The summed E-state index contributed by atoms with van der Waals surface area (Å²) in [4.78, 5) is 0. The molecule has 0 bridgehead atoms. The Bertz CT molecular complexity index is 350. The van der Waals surface area contributed by atoms with Gasteiger partial charge in [0.2, 0.25) is 0 Å². The largest absolute Gasteiger partial charge is 0.493 e. The molecule has 4 N–H and O–H groups in total. The average Bonchev–Trinajstić information content (AvgIpc) is 2.17. The molecule has 1 aromatic carbocycles. The van der Waals surface area contributed by atoms with Gasteiger partial charge in [0, 0.05) is 18.6 Å². The molecule has 82 valence electrons. The summed E-state index contributed by atoms with van der Waals surface area (Å²) in [5.74, 6) is 0.806. The molecular formula is C11H16N2O2. The van der Waals surface area contributed by atoms with Crippen LogP contribution in [0, 0.1) is 12.3 Å². The first-order chi connectivity index (χ1) is 7.15. The quantitative estimate of drug-likeness (QED) is 0.384. The Hall–Kier alpha value is -1.55. The molecule has 1 aromatic rings. The fraction of sp³-hybridized carbons (Fsp3) is 0.364. The molecule has 0 saturated carbocycles. The fourth-order valence-corrected chi connectivity index (χ4v) is 1.28. The van der Waals surface area contributed by atoms with Crippen molar-refractivity contribution in [2.45, 2.75) is 13.3 Å². The van der Waals surface area contributed by atoms with Gasteiger partial charge in [-0.15, -0.1) is 0 Å². The minimum Gasteiger partial charge on any atom is -0.493 e. The van der Waals surface area contributed by atoms with E-state index in [0.29, 0.717) is 13.0 Å². The number of rotatable bonds is 5. The third-order valence-electron chi connectivity index (χ3n) is 2.06. The third-order valence-corrected chi connectivity index (χ3v) is 2.06. The van der Waals surface area contributed by atoms with Crippen molar-refractivity contribution < 1.29 is 9.84 Å². The number of nitrogens with two attached hydrogens (primary N) is 1. The molecule has 0 unspecified atom stereocenters. The maximum Gasteiger partial charge on any atom is 0.123 e. The minimum atomic E-state index is 0.0643. The summed E-state index contributed by atoms with van der Waals surface area (Å²) < 4.78 is 5.39. The highest BCUT2D eigenvalue weighted by atomic mass is 16.5. The van der Waals surface area contributed by atoms with E-state index in [4.69, 9.17) is 21.0 Å². The number of hydrogen-bond donors (Lipinski definition) is 3. The van der Waals surface area contributed by atoms with Crippen molar-refractivity contribution in [2.24, 2.45) is 5.73 Å². The molecule has 0 aliphatic heterocycles. The van der Waals surface area contributed by atoms with Crippen LogP contribution in [0.1, 0.15) is 17.5 Å². The van der Waals surface area contributed by atoms with Crippen LogP contribution in [-0.4, -0.2) is 24.2 Å². The SMILES string of the molecule is Cc1cc(OCCCO)ccc1C(=N)N. The first-order valence-electron chi connectivity index (χ1n) is 4.84. The van der Waals surface area contributed by atoms with E-state index >= 15 is 0 Å². The molecule has 0 spiro atoms. The highest BCUT2D eigenvalue weighted by Gasteiger charge is 2.02. The Balaban J connectivity index is 2.69.